The Morgan fingerprint density at radius 1 is 1.50 bits per heavy atom. The van der Waals surface area contributed by atoms with E-state index >= 15 is 0 Å². The first-order valence-electron chi connectivity index (χ1n) is 6.19. The van der Waals surface area contributed by atoms with Crippen LogP contribution in [-0.2, 0) is 4.79 Å². The Morgan fingerprint density at radius 3 is 2.44 bits per heavy atom. The molecule has 92 valence electrons. The highest BCUT2D eigenvalue weighted by atomic mass is 16.1. The molecule has 1 heterocycles. The molecule has 2 fully saturated rings. The SMILES string of the molecule is C[C@@H](C(C)(C)C)C12CC1(C)CC(C(N)=O)N2. The molecule has 0 aromatic carbocycles. The van der Waals surface area contributed by atoms with Gasteiger partial charge in [-0.25, -0.2) is 0 Å². The van der Waals surface area contributed by atoms with Crippen molar-refractivity contribution in [1.29, 1.82) is 0 Å². The average molecular weight is 224 g/mol. The fourth-order valence-electron chi connectivity index (χ4n) is 3.57. The maximum Gasteiger partial charge on any atom is 0.234 e. The highest BCUT2D eigenvalue weighted by molar-refractivity contribution is 5.81. The summed E-state index contributed by atoms with van der Waals surface area (Å²) in [5, 5.41) is 3.51. The van der Waals surface area contributed by atoms with Gasteiger partial charge in [0, 0.05) is 5.54 Å². The van der Waals surface area contributed by atoms with Crippen molar-refractivity contribution in [3.8, 4) is 0 Å². The van der Waals surface area contributed by atoms with Crippen LogP contribution in [0.5, 0.6) is 0 Å². The topological polar surface area (TPSA) is 55.1 Å². The monoisotopic (exact) mass is 224 g/mol. The molecule has 0 radical (unpaired) electrons. The quantitative estimate of drug-likeness (QED) is 0.749. The predicted octanol–water partition coefficient (Wildman–Crippen LogP) is 1.66. The molecule has 1 saturated carbocycles. The van der Waals surface area contributed by atoms with Crippen molar-refractivity contribution in [2.75, 3.05) is 0 Å². The first kappa shape index (κ1) is 11.9. The molecule has 0 aromatic rings. The second kappa shape index (κ2) is 3.00. The fourth-order valence-corrected chi connectivity index (χ4v) is 3.57. The Hall–Kier alpha value is -0.570. The summed E-state index contributed by atoms with van der Waals surface area (Å²) in [4.78, 5) is 11.3. The Bertz CT molecular complexity index is 333. The number of nitrogens with two attached hydrogens (primary N) is 1. The molecule has 2 rings (SSSR count). The molecule has 16 heavy (non-hydrogen) atoms. The maximum atomic E-state index is 11.3. The van der Waals surface area contributed by atoms with Crippen LogP contribution in [0.25, 0.3) is 0 Å². The second-order valence-corrected chi connectivity index (χ2v) is 7.10. The Morgan fingerprint density at radius 2 is 2.06 bits per heavy atom. The van der Waals surface area contributed by atoms with E-state index in [0.29, 0.717) is 5.92 Å². The second-order valence-electron chi connectivity index (χ2n) is 7.10. The number of carbonyl (C=O) groups excluding carboxylic acids is 1. The number of nitrogens with one attached hydrogen (secondary N) is 1. The molecular formula is C13H24N2O. The molecule has 0 bridgehead atoms. The Labute approximate surface area is 98.2 Å². The lowest BCUT2D eigenvalue weighted by molar-refractivity contribution is -0.120. The largest absolute Gasteiger partial charge is 0.368 e. The third-order valence-corrected chi connectivity index (χ3v) is 5.09. The highest BCUT2D eigenvalue weighted by Crippen LogP contribution is 2.68. The van der Waals surface area contributed by atoms with E-state index in [1.54, 1.807) is 0 Å². The van der Waals surface area contributed by atoms with E-state index in [4.69, 9.17) is 5.73 Å². The van der Waals surface area contributed by atoms with Gasteiger partial charge in [-0.15, -0.1) is 0 Å². The van der Waals surface area contributed by atoms with E-state index in [1.165, 1.54) is 6.42 Å². The summed E-state index contributed by atoms with van der Waals surface area (Å²) in [6.45, 7) is 11.4. The first-order valence-corrected chi connectivity index (χ1v) is 6.19. The molecule has 3 nitrogen and oxygen atoms in total. The van der Waals surface area contributed by atoms with Gasteiger partial charge in [-0.2, -0.15) is 0 Å². The predicted molar refractivity (Wildman–Crippen MR) is 64.8 cm³/mol. The van der Waals surface area contributed by atoms with Crippen LogP contribution in [0.15, 0.2) is 0 Å². The molecule has 2 aliphatic rings. The van der Waals surface area contributed by atoms with E-state index in [1.807, 2.05) is 0 Å². The van der Waals surface area contributed by atoms with E-state index in [9.17, 15) is 4.79 Å². The third kappa shape index (κ3) is 1.41. The van der Waals surface area contributed by atoms with Gasteiger partial charge in [0.1, 0.15) is 0 Å². The van der Waals surface area contributed by atoms with Crippen molar-refractivity contribution in [2.45, 2.75) is 59.0 Å². The van der Waals surface area contributed by atoms with Crippen molar-refractivity contribution < 1.29 is 4.79 Å². The minimum absolute atomic E-state index is 0.122. The van der Waals surface area contributed by atoms with Crippen molar-refractivity contribution in [3.63, 3.8) is 0 Å². The standard InChI is InChI=1S/C13H24N2O/c1-8(11(2,3)4)13-7-12(13,5)6-9(15-13)10(14)16/h8-9,15H,6-7H2,1-5H3,(H2,14,16)/t8-,9?,12?,13?/m0/s1. The molecule has 4 atom stereocenters. The van der Waals surface area contributed by atoms with Crippen LogP contribution in [0.1, 0.15) is 47.5 Å². The van der Waals surface area contributed by atoms with Crippen LogP contribution >= 0.6 is 0 Å². The number of rotatable bonds is 2. The van der Waals surface area contributed by atoms with Gasteiger partial charge in [-0.3, -0.25) is 10.1 Å². The molecule has 3 heteroatoms. The molecule has 0 spiro atoms. The number of amides is 1. The molecule has 1 saturated heterocycles. The lowest BCUT2D eigenvalue weighted by atomic mass is 9.74. The van der Waals surface area contributed by atoms with Gasteiger partial charge in [0.05, 0.1) is 6.04 Å². The van der Waals surface area contributed by atoms with Crippen LogP contribution in [0, 0.1) is 16.7 Å². The zero-order valence-electron chi connectivity index (χ0n) is 11.1. The minimum Gasteiger partial charge on any atom is -0.368 e. The normalized spacial score (nSPS) is 43.9. The molecule has 3 unspecified atom stereocenters. The van der Waals surface area contributed by atoms with Gasteiger partial charge in [0.25, 0.3) is 0 Å². The molecule has 1 amide bonds. The molecule has 1 aliphatic heterocycles. The Balaban J connectivity index is 2.21. The molecule has 1 aliphatic carbocycles. The van der Waals surface area contributed by atoms with Gasteiger partial charge < -0.3 is 5.73 Å². The molecular weight excluding hydrogens is 200 g/mol. The number of primary amides is 1. The van der Waals surface area contributed by atoms with Crippen LogP contribution in [0.2, 0.25) is 0 Å². The average Bonchev–Trinajstić information content (AvgIpc) is 2.58. The summed E-state index contributed by atoms with van der Waals surface area (Å²) in [6, 6.07) is -0.122. The van der Waals surface area contributed by atoms with Crippen molar-refractivity contribution in [1.82, 2.24) is 5.32 Å². The highest BCUT2D eigenvalue weighted by Gasteiger charge is 2.73. The van der Waals surface area contributed by atoms with E-state index < -0.39 is 0 Å². The smallest absolute Gasteiger partial charge is 0.234 e. The number of fused-ring (bicyclic) bond motifs is 1. The summed E-state index contributed by atoms with van der Waals surface area (Å²) in [7, 11) is 0. The number of piperidine rings is 1. The number of carbonyl (C=O) groups is 1. The van der Waals surface area contributed by atoms with Crippen LogP contribution in [0.4, 0.5) is 0 Å². The minimum atomic E-state index is -0.200. The first-order chi connectivity index (χ1) is 7.12. The summed E-state index contributed by atoms with van der Waals surface area (Å²) in [6.07, 6.45) is 2.09. The third-order valence-electron chi connectivity index (χ3n) is 5.09. The van der Waals surface area contributed by atoms with Crippen LogP contribution in [0.3, 0.4) is 0 Å². The lowest BCUT2D eigenvalue weighted by Crippen LogP contribution is -2.49. The van der Waals surface area contributed by atoms with Gasteiger partial charge in [0.2, 0.25) is 5.91 Å². The summed E-state index contributed by atoms with van der Waals surface area (Å²) >= 11 is 0. The van der Waals surface area contributed by atoms with E-state index in [2.05, 4.69) is 39.9 Å². The molecule has 0 aromatic heterocycles. The summed E-state index contributed by atoms with van der Waals surface area (Å²) in [5.41, 5.74) is 6.09. The van der Waals surface area contributed by atoms with E-state index in [-0.39, 0.29) is 28.3 Å². The summed E-state index contributed by atoms with van der Waals surface area (Å²) in [5.74, 6) is 0.350. The maximum absolute atomic E-state index is 11.3. The Kier molecular flexibility index (Phi) is 2.24. The van der Waals surface area contributed by atoms with Crippen LogP contribution < -0.4 is 11.1 Å². The number of hydrogen-bond acceptors (Lipinski definition) is 2. The zero-order valence-corrected chi connectivity index (χ0v) is 11.1. The van der Waals surface area contributed by atoms with Gasteiger partial charge >= 0.3 is 0 Å². The van der Waals surface area contributed by atoms with Gasteiger partial charge in [-0.05, 0) is 29.6 Å². The van der Waals surface area contributed by atoms with Gasteiger partial charge in [0.15, 0.2) is 0 Å². The lowest BCUT2D eigenvalue weighted by Gasteiger charge is -2.36. The van der Waals surface area contributed by atoms with Crippen LogP contribution in [-0.4, -0.2) is 17.5 Å². The van der Waals surface area contributed by atoms with E-state index in [0.717, 1.165) is 6.42 Å². The van der Waals surface area contributed by atoms with Gasteiger partial charge in [-0.1, -0.05) is 34.6 Å². The number of hydrogen-bond donors (Lipinski definition) is 2. The summed E-state index contributed by atoms with van der Waals surface area (Å²) < 4.78 is 0. The zero-order chi connectivity index (χ0) is 12.4. The van der Waals surface area contributed by atoms with Crippen molar-refractivity contribution in [3.05, 3.63) is 0 Å². The van der Waals surface area contributed by atoms with Crippen molar-refractivity contribution >= 4 is 5.91 Å². The molecule has 3 N–H and O–H groups in total. The fraction of sp³-hybridized carbons (Fsp3) is 0.923. The van der Waals surface area contributed by atoms with Crippen molar-refractivity contribution in [2.24, 2.45) is 22.5 Å².